The number of aromatic nitrogens is 5. The first kappa shape index (κ1) is 20.6. The minimum atomic E-state index is -1.40. The van der Waals surface area contributed by atoms with Crippen LogP contribution in [0.25, 0.3) is 28.3 Å². The molecular weight excluding hydrogens is 547 g/mol. The quantitative estimate of drug-likeness (QED) is 0.278. The van der Waals surface area contributed by atoms with Crippen LogP contribution in [0.5, 0.6) is 0 Å². The van der Waals surface area contributed by atoms with Gasteiger partial charge in [-0.25, -0.2) is 4.98 Å². The number of aryl methyl sites for hydroxylation is 3. The average Bonchev–Trinajstić information content (AvgIpc) is 3.18. The van der Waals surface area contributed by atoms with Crippen LogP contribution in [0.1, 0.15) is 17.0 Å². The number of rotatable bonds is 3. The first-order chi connectivity index (χ1) is 12.8. The van der Waals surface area contributed by atoms with E-state index >= 15 is 0 Å². The molecule has 147 valence electrons. The summed E-state index contributed by atoms with van der Waals surface area (Å²) in [4.78, 5) is 13.2. The fraction of sp³-hybridized carbons (Fsp3) is 0.300. The van der Waals surface area contributed by atoms with Gasteiger partial charge in [-0.1, -0.05) is 37.0 Å². The second-order valence-electron chi connectivity index (χ2n) is 7.87. The molecule has 0 atom stereocenters. The van der Waals surface area contributed by atoms with Crippen molar-refractivity contribution < 1.29 is 24.5 Å². The van der Waals surface area contributed by atoms with E-state index < -0.39 is 8.07 Å². The molecule has 0 saturated heterocycles. The Balaban J connectivity index is 0.00000225. The summed E-state index contributed by atoms with van der Waals surface area (Å²) in [5.41, 5.74) is 5.28. The molecule has 0 saturated carbocycles. The third-order valence-electron chi connectivity index (χ3n) is 4.68. The third-order valence-corrected chi connectivity index (χ3v) is 6.70. The Labute approximate surface area is 178 Å². The molecule has 0 aliphatic carbocycles. The first-order valence-electron chi connectivity index (χ1n) is 8.92. The largest absolute Gasteiger partial charge is 0.436 e. The van der Waals surface area contributed by atoms with Gasteiger partial charge in [0.15, 0.2) is 11.6 Å². The number of pyridine rings is 1. The van der Waals surface area contributed by atoms with Gasteiger partial charge in [0.2, 0.25) is 0 Å². The summed E-state index contributed by atoms with van der Waals surface area (Å²) < 4.78 is 7.43. The predicted octanol–water partition coefficient (Wildman–Crippen LogP) is 3.74. The Hall–Kier alpha value is -2.15. The number of hydrogen-bond acceptors (Lipinski definition) is 5. The number of hydrogen-bond donors (Lipinski definition) is 0. The maximum absolute atomic E-state index is 5.56. The van der Waals surface area contributed by atoms with Crippen molar-refractivity contribution in [2.45, 2.75) is 40.4 Å². The number of oxazole rings is 1. The van der Waals surface area contributed by atoms with Gasteiger partial charge >= 0.3 is 0 Å². The van der Waals surface area contributed by atoms with Gasteiger partial charge in [0.05, 0.1) is 19.6 Å². The van der Waals surface area contributed by atoms with Crippen molar-refractivity contribution in [1.82, 2.24) is 24.7 Å². The van der Waals surface area contributed by atoms with E-state index in [-0.39, 0.29) is 20.1 Å². The van der Waals surface area contributed by atoms with E-state index in [1.54, 1.807) is 19.4 Å². The molecule has 6 nitrogen and oxygen atoms in total. The van der Waals surface area contributed by atoms with Gasteiger partial charge in [-0.3, -0.25) is 14.6 Å². The van der Waals surface area contributed by atoms with Gasteiger partial charge in [0.25, 0.3) is 0 Å². The zero-order valence-electron chi connectivity index (χ0n) is 16.8. The van der Waals surface area contributed by atoms with Crippen LogP contribution in [-0.2, 0) is 20.1 Å². The van der Waals surface area contributed by atoms with Crippen LogP contribution in [0.15, 0.2) is 29.1 Å². The smallest absolute Gasteiger partial charge is 0.188 e. The fourth-order valence-electron chi connectivity index (χ4n) is 3.36. The summed E-state index contributed by atoms with van der Waals surface area (Å²) >= 11 is 0. The maximum Gasteiger partial charge on any atom is 0.188 e. The summed E-state index contributed by atoms with van der Waals surface area (Å²) in [6, 6.07) is 7.73. The van der Waals surface area contributed by atoms with Crippen molar-refractivity contribution in [3.63, 3.8) is 0 Å². The van der Waals surface area contributed by atoms with Crippen molar-refractivity contribution in [3.8, 4) is 17.1 Å². The molecule has 4 rings (SSSR count). The molecule has 0 aliphatic rings. The van der Waals surface area contributed by atoms with Crippen LogP contribution in [0.4, 0.5) is 0 Å². The summed E-state index contributed by atoms with van der Waals surface area (Å²) in [6.07, 6.45) is 3.16. The van der Waals surface area contributed by atoms with E-state index in [1.807, 2.05) is 4.68 Å². The minimum absolute atomic E-state index is 0. The van der Waals surface area contributed by atoms with Gasteiger partial charge in [0, 0.05) is 32.5 Å². The van der Waals surface area contributed by atoms with Gasteiger partial charge in [-0.2, -0.15) is 11.2 Å². The van der Waals surface area contributed by atoms with Crippen LogP contribution in [0, 0.1) is 26.8 Å². The topological polar surface area (TPSA) is 69.6 Å². The Kier molecular flexibility index (Phi) is 5.40. The molecule has 3 aromatic heterocycles. The standard InChI is InChI=1S/C20H22N5OSi.Ir/c1-12-9-15(27(4,5)6)10-13(2)18(12)25-19(22-11-23-25)16-7-8-21-20-17(16)24-14(3)26-20;/h8-11H,1-6H3;/q-1;. The molecule has 0 amide bonds. The summed E-state index contributed by atoms with van der Waals surface area (Å²) in [6.45, 7) is 13.1. The van der Waals surface area contributed by atoms with Crippen LogP contribution in [0.3, 0.4) is 0 Å². The zero-order chi connectivity index (χ0) is 19.3. The van der Waals surface area contributed by atoms with Gasteiger partial charge in [-0.05, 0) is 31.2 Å². The van der Waals surface area contributed by atoms with Crippen molar-refractivity contribution in [2.24, 2.45) is 0 Å². The molecule has 3 heterocycles. The Morgan fingerprint density at radius 3 is 2.36 bits per heavy atom. The molecular formula is C20H22IrN5OSi-. The maximum atomic E-state index is 5.56. The molecule has 0 bridgehead atoms. The molecule has 8 heteroatoms. The SMILES string of the molecule is Cc1nc2c(-c3ncnn3-c3c(C)cc([Si](C)(C)C)cc3C)[c-]cnc2o1.[Ir]. The monoisotopic (exact) mass is 569 g/mol. The van der Waals surface area contributed by atoms with Crippen molar-refractivity contribution >= 4 is 24.5 Å². The molecule has 0 unspecified atom stereocenters. The van der Waals surface area contributed by atoms with Crippen LogP contribution >= 0.6 is 0 Å². The Morgan fingerprint density at radius 1 is 1.04 bits per heavy atom. The van der Waals surface area contributed by atoms with E-state index in [9.17, 15) is 0 Å². The van der Waals surface area contributed by atoms with Gasteiger partial charge in [0.1, 0.15) is 6.33 Å². The number of fused-ring (bicyclic) bond motifs is 1. The van der Waals surface area contributed by atoms with E-state index in [0.717, 1.165) is 11.3 Å². The van der Waals surface area contributed by atoms with Crippen LogP contribution < -0.4 is 5.19 Å². The molecule has 1 radical (unpaired) electrons. The second kappa shape index (κ2) is 7.35. The third kappa shape index (κ3) is 3.48. The van der Waals surface area contributed by atoms with Gasteiger partial charge < -0.3 is 4.42 Å². The molecule has 0 aliphatic heterocycles. The van der Waals surface area contributed by atoms with Crippen molar-refractivity contribution in [1.29, 1.82) is 0 Å². The Morgan fingerprint density at radius 2 is 1.71 bits per heavy atom. The van der Waals surface area contributed by atoms with E-state index in [4.69, 9.17) is 4.42 Å². The predicted molar refractivity (Wildman–Crippen MR) is 108 cm³/mol. The molecule has 28 heavy (non-hydrogen) atoms. The van der Waals surface area contributed by atoms with Crippen molar-refractivity contribution in [2.75, 3.05) is 0 Å². The molecule has 0 N–H and O–H groups in total. The van der Waals surface area contributed by atoms with E-state index in [0.29, 0.717) is 22.9 Å². The van der Waals surface area contributed by atoms with Gasteiger partial charge in [-0.15, -0.1) is 5.56 Å². The van der Waals surface area contributed by atoms with Crippen LogP contribution in [-0.4, -0.2) is 32.8 Å². The average molecular weight is 569 g/mol. The second-order valence-corrected chi connectivity index (χ2v) is 12.9. The molecule has 0 fully saturated rings. The fourth-order valence-corrected chi connectivity index (χ4v) is 4.66. The first-order valence-corrected chi connectivity index (χ1v) is 12.4. The number of benzene rings is 1. The summed E-state index contributed by atoms with van der Waals surface area (Å²) in [5, 5.41) is 5.95. The molecule has 1 aromatic carbocycles. The molecule has 0 spiro atoms. The van der Waals surface area contributed by atoms with E-state index in [1.165, 1.54) is 16.3 Å². The summed E-state index contributed by atoms with van der Waals surface area (Å²) in [7, 11) is -1.40. The molecule has 4 aromatic rings. The number of nitrogens with zero attached hydrogens (tertiary/aromatic N) is 5. The summed E-state index contributed by atoms with van der Waals surface area (Å²) in [5.74, 6) is 1.25. The normalized spacial score (nSPS) is 11.6. The van der Waals surface area contributed by atoms with E-state index in [2.05, 4.69) is 71.7 Å². The Bertz CT molecular complexity index is 1140. The minimum Gasteiger partial charge on any atom is -0.436 e. The van der Waals surface area contributed by atoms with Crippen LogP contribution in [0.2, 0.25) is 19.6 Å². The zero-order valence-corrected chi connectivity index (χ0v) is 20.2. The van der Waals surface area contributed by atoms with Crippen molar-refractivity contribution in [3.05, 3.63) is 47.7 Å².